The molecule has 0 aliphatic heterocycles. The highest BCUT2D eigenvalue weighted by Gasteiger charge is 2.12. The fourth-order valence-corrected chi connectivity index (χ4v) is 3.81. The summed E-state index contributed by atoms with van der Waals surface area (Å²) in [4.78, 5) is 67.1. The van der Waals surface area contributed by atoms with Crippen molar-refractivity contribution in [3.05, 3.63) is 102 Å². The number of anilines is 1. The van der Waals surface area contributed by atoms with Crippen LogP contribution in [0.4, 0.5) is 15.9 Å². The van der Waals surface area contributed by atoms with Crippen LogP contribution in [0.15, 0.2) is 64.2 Å². The molecule has 1 heterocycles. The lowest BCUT2D eigenvalue weighted by Crippen LogP contribution is -2.38. The SMILES string of the molecule is Cn1c(NCCN(CCCc2ccc([N+](=O)[O-])cc2)CCOC(=O)c2ccc(F)cc2)cc(=O)n(C)c1=O.O=C(O)C(=O)O. The highest BCUT2D eigenvalue weighted by atomic mass is 19.1. The van der Waals surface area contributed by atoms with Crippen LogP contribution in [-0.4, -0.2) is 79.9 Å². The third kappa shape index (κ3) is 11.1. The monoisotopic (exact) mass is 617 g/mol. The van der Waals surface area contributed by atoms with Crippen LogP contribution in [0.25, 0.3) is 0 Å². The number of aliphatic carboxylic acids is 2. The van der Waals surface area contributed by atoms with Gasteiger partial charge in [-0.15, -0.1) is 0 Å². The largest absolute Gasteiger partial charge is 0.473 e. The van der Waals surface area contributed by atoms with Gasteiger partial charge in [-0.25, -0.2) is 23.6 Å². The molecule has 0 radical (unpaired) electrons. The van der Waals surface area contributed by atoms with E-state index in [9.17, 15) is 28.9 Å². The third-order valence-corrected chi connectivity index (χ3v) is 6.25. The Morgan fingerprint density at radius 1 is 0.955 bits per heavy atom. The first-order valence-electron chi connectivity index (χ1n) is 13.2. The van der Waals surface area contributed by atoms with E-state index in [1.54, 1.807) is 19.2 Å². The van der Waals surface area contributed by atoms with Crippen molar-refractivity contribution >= 4 is 29.4 Å². The van der Waals surface area contributed by atoms with Crippen molar-refractivity contribution in [2.75, 3.05) is 38.1 Å². The van der Waals surface area contributed by atoms with E-state index in [2.05, 4.69) is 10.2 Å². The van der Waals surface area contributed by atoms with Crippen molar-refractivity contribution in [1.82, 2.24) is 14.0 Å². The van der Waals surface area contributed by atoms with Crippen LogP contribution in [0.5, 0.6) is 0 Å². The van der Waals surface area contributed by atoms with Crippen LogP contribution in [0.1, 0.15) is 22.3 Å². The average molecular weight is 618 g/mol. The molecule has 0 fully saturated rings. The maximum Gasteiger partial charge on any atom is 0.414 e. The summed E-state index contributed by atoms with van der Waals surface area (Å²) < 4.78 is 20.8. The molecule has 0 spiro atoms. The fourth-order valence-electron chi connectivity index (χ4n) is 3.81. The third-order valence-electron chi connectivity index (χ3n) is 6.25. The lowest BCUT2D eigenvalue weighted by atomic mass is 10.1. The number of aryl methyl sites for hydroxylation is 1. The molecule has 15 nitrogen and oxygen atoms in total. The van der Waals surface area contributed by atoms with Gasteiger partial charge in [-0.05, 0) is 49.2 Å². The van der Waals surface area contributed by atoms with Crippen molar-refractivity contribution < 1.29 is 38.6 Å². The molecule has 0 atom stereocenters. The summed E-state index contributed by atoms with van der Waals surface area (Å²) in [7, 11) is 2.98. The van der Waals surface area contributed by atoms with E-state index in [-0.39, 0.29) is 17.9 Å². The van der Waals surface area contributed by atoms with Crippen molar-refractivity contribution in [3.8, 4) is 0 Å². The number of hydrogen-bond donors (Lipinski definition) is 3. The Labute approximate surface area is 249 Å². The minimum Gasteiger partial charge on any atom is -0.473 e. The molecule has 3 N–H and O–H groups in total. The second-order valence-corrected chi connectivity index (χ2v) is 9.32. The number of ether oxygens (including phenoxy) is 1. The molecule has 1 aromatic heterocycles. The summed E-state index contributed by atoms with van der Waals surface area (Å²) in [6, 6.07) is 12.9. The lowest BCUT2D eigenvalue weighted by molar-refractivity contribution is -0.384. The number of aromatic nitrogens is 2. The van der Waals surface area contributed by atoms with Gasteiger partial charge in [0.25, 0.3) is 11.2 Å². The van der Waals surface area contributed by atoms with Crippen molar-refractivity contribution in [3.63, 3.8) is 0 Å². The summed E-state index contributed by atoms with van der Waals surface area (Å²) >= 11 is 0. The topological polar surface area (TPSA) is 203 Å². The second-order valence-electron chi connectivity index (χ2n) is 9.32. The van der Waals surface area contributed by atoms with E-state index in [1.165, 1.54) is 54.1 Å². The number of carbonyl (C=O) groups excluding carboxylic acids is 1. The molecule has 2 aromatic carbocycles. The second kappa shape index (κ2) is 16.9. The summed E-state index contributed by atoms with van der Waals surface area (Å²) in [5.41, 5.74) is 0.404. The quantitative estimate of drug-likeness (QED) is 0.108. The average Bonchev–Trinajstić information content (AvgIpc) is 2.99. The van der Waals surface area contributed by atoms with Crippen molar-refractivity contribution in [2.45, 2.75) is 12.8 Å². The van der Waals surface area contributed by atoms with Gasteiger partial charge in [-0.3, -0.25) is 28.9 Å². The van der Waals surface area contributed by atoms with Gasteiger partial charge in [0.15, 0.2) is 0 Å². The molecule has 0 saturated heterocycles. The molecule has 0 aliphatic rings. The van der Waals surface area contributed by atoms with Crippen molar-refractivity contribution in [2.24, 2.45) is 14.1 Å². The van der Waals surface area contributed by atoms with Gasteiger partial charge >= 0.3 is 23.6 Å². The number of hydrogen-bond acceptors (Lipinski definition) is 10. The first kappa shape index (κ1) is 34.8. The number of nitro groups is 1. The zero-order valence-corrected chi connectivity index (χ0v) is 24.0. The predicted molar refractivity (Wildman–Crippen MR) is 155 cm³/mol. The first-order valence-corrected chi connectivity index (χ1v) is 13.2. The van der Waals surface area contributed by atoms with Crippen LogP contribution in [0, 0.1) is 15.9 Å². The summed E-state index contributed by atoms with van der Waals surface area (Å²) in [6.07, 6.45) is 1.44. The number of nitro benzene ring substituents is 1. The van der Waals surface area contributed by atoms with Gasteiger partial charge < -0.3 is 20.3 Å². The number of benzene rings is 2. The highest BCUT2D eigenvalue weighted by Crippen LogP contribution is 2.13. The molecule has 16 heteroatoms. The van der Waals surface area contributed by atoms with Crippen LogP contribution in [0.2, 0.25) is 0 Å². The Hall–Kier alpha value is -5.38. The van der Waals surface area contributed by atoms with Gasteiger partial charge in [-0.2, -0.15) is 0 Å². The van der Waals surface area contributed by atoms with Crippen molar-refractivity contribution in [1.29, 1.82) is 0 Å². The number of nitrogens with one attached hydrogen (secondary N) is 1. The van der Waals surface area contributed by atoms with Crippen LogP contribution >= 0.6 is 0 Å². The smallest absolute Gasteiger partial charge is 0.414 e. The van der Waals surface area contributed by atoms with Gasteiger partial charge in [0.2, 0.25) is 0 Å². The Bertz CT molecular complexity index is 1560. The van der Waals surface area contributed by atoms with E-state index in [1.807, 2.05) is 0 Å². The normalized spacial score (nSPS) is 10.5. The van der Waals surface area contributed by atoms with E-state index in [0.29, 0.717) is 38.4 Å². The molecule has 3 rings (SSSR count). The maximum atomic E-state index is 13.1. The first-order chi connectivity index (χ1) is 20.8. The number of carbonyl (C=O) groups is 3. The van der Waals surface area contributed by atoms with E-state index in [0.717, 1.165) is 16.6 Å². The standard InChI is InChI=1S/C26H30FN5O6.C2H2O4/c1-29-23(18-24(33)30(2)26(29)35)28-13-15-31(14-3-4-19-5-11-22(12-6-19)32(36)37)16-17-38-25(34)20-7-9-21(27)10-8-20;3-1(4)2(5)6/h5-12,18,28H,3-4,13-17H2,1-2H3;(H,3,4)(H,5,6). The molecule has 3 aromatic rings. The summed E-state index contributed by atoms with van der Waals surface area (Å²) in [5.74, 6) is -4.25. The molecule has 0 aliphatic carbocycles. The minimum atomic E-state index is -1.82. The Morgan fingerprint density at radius 2 is 1.57 bits per heavy atom. The molecule has 236 valence electrons. The molecule has 44 heavy (non-hydrogen) atoms. The van der Waals surface area contributed by atoms with Gasteiger partial charge in [-0.1, -0.05) is 12.1 Å². The zero-order chi connectivity index (χ0) is 32.8. The zero-order valence-electron chi connectivity index (χ0n) is 24.0. The number of halogens is 1. The lowest BCUT2D eigenvalue weighted by Gasteiger charge is -2.23. The molecule has 0 unspecified atom stereocenters. The number of carboxylic acid groups (broad SMARTS) is 2. The molecular weight excluding hydrogens is 585 g/mol. The van der Waals surface area contributed by atoms with Crippen LogP contribution in [-0.2, 0) is 34.8 Å². The Kier molecular flexibility index (Phi) is 13.4. The number of non-ortho nitro benzene ring substituents is 1. The Balaban J connectivity index is 0.00000102. The molecule has 0 bridgehead atoms. The highest BCUT2D eigenvalue weighted by molar-refractivity contribution is 6.27. The van der Waals surface area contributed by atoms with Gasteiger partial charge in [0.1, 0.15) is 18.2 Å². The van der Waals surface area contributed by atoms with E-state index >= 15 is 0 Å². The number of esters is 1. The van der Waals surface area contributed by atoms with Gasteiger partial charge in [0.05, 0.1) is 10.5 Å². The number of rotatable bonds is 13. The van der Waals surface area contributed by atoms with Gasteiger partial charge in [0, 0.05) is 51.9 Å². The van der Waals surface area contributed by atoms with Crippen LogP contribution in [0.3, 0.4) is 0 Å². The summed E-state index contributed by atoms with van der Waals surface area (Å²) in [6.45, 7) is 2.12. The predicted octanol–water partition coefficient (Wildman–Crippen LogP) is 1.49. The Morgan fingerprint density at radius 3 is 2.14 bits per heavy atom. The van der Waals surface area contributed by atoms with E-state index in [4.69, 9.17) is 24.5 Å². The molecule has 0 amide bonds. The number of nitrogens with zero attached hydrogens (tertiary/aromatic N) is 4. The number of carboxylic acids is 2. The fraction of sp³-hybridized carbons (Fsp3) is 0.321. The maximum absolute atomic E-state index is 13.1. The minimum absolute atomic E-state index is 0.0366. The summed E-state index contributed by atoms with van der Waals surface area (Å²) in [5, 5.41) is 28.7. The molecule has 0 saturated carbocycles. The molecular formula is C28H32FN5O10. The van der Waals surface area contributed by atoms with E-state index < -0.39 is 39.9 Å². The van der Waals surface area contributed by atoms with Crippen LogP contribution < -0.4 is 16.6 Å².